The second-order valence-electron chi connectivity index (χ2n) is 6.48. The van der Waals surface area contributed by atoms with E-state index in [9.17, 15) is 0 Å². The lowest BCUT2D eigenvalue weighted by Gasteiger charge is -2.32. The molecule has 0 aliphatic carbocycles. The van der Waals surface area contributed by atoms with Crippen molar-refractivity contribution in [2.75, 3.05) is 13.7 Å². The SMILES string of the molecule is COC(C)COc1ccccc1B1OC(C)(C)C(C)(C)O1. The molecule has 116 valence electrons. The van der Waals surface area contributed by atoms with Crippen LogP contribution in [0.15, 0.2) is 24.3 Å². The highest BCUT2D eigenvalue weighted by Crippen LogP contribution is 2.37. The van der Waals surface area contributed by atoms with Crippen molar-refractivity contribution in [1.29, 1.82) is 0 Å². The highest BCUT2D eigenvalue weighted by atomic mass is 16.7. The molecule has 0 aromatic heterocycles. The molecular formula is C16H25BO4. The molecule has 1 unspecified atom stereocenters. The van der Waals surface area contributed by atoms with Crippen LogP contribution in [0.25, 0.3) is 0 Å². The van der Waals surface area contributed by atoms with Crippen LogP contribution in [-0.4, -0.2) is 38.1 Å². The number of hydrogen-bond donors (Lipinski definition) is 0. The standard InChI is InChI=1S/C16H25BO4/c1-12(18-6)11-19-14-10-8-7-9-13(14)17-20-15(2,3)16(4,5)21-17/h7-10,12H,11H2,1-6H3. The highest BCUT2D eigenvalue weighted by molar-refractivity contribution is 6.63. The first kappa shape index (κ1) is 16.3. The van der Waals surface area contributed by atoms with Gasteiger partial charge in [-0.3, -0.25) is 0 Å². The van der Waals surface area contributed by atoms with Gasteiger partial charge >= 0.3 is 7.12 Å². The second kappa shape index (κ2) is 5.99. The third kappa shape index (κ3) is 3.42. The van der Waals surface area contributed by atoms with Crippen molar-refractivity contribution in [2.45, 2.75) is 51.9 Å². The average Bonchev–Trinajstić information content (AvgIpc) is 2.65. The molecule has 0 saturated carbocycles. The van der Waals surface area contributed by atoms with Crippen LogP contribution in [0.3, 0.4) is 0 Å². The van der Waals surface area contributed by atoms with E-state index in [1.807, 2.05) is 58.9 Å². The van der Waals surface area contributed by atoms with E-state index in [1.165, 1.54) is 0 Å². The fraction of sp³-hybridized carbons (Fsp3) is 0.625. The summed E-state index contributed by atoms with van der Waals surface area (Å²) >= 11 is 0. The molecule has 4 nitrogen and oxygen atoms in total. The minimum atomic E-state index is -0.413. The van der Waals surface area contributed by atoms with Gasteiger partial charge in [0.25, 0.3) is 0 Å². The zero-order chi connectivity index (χ0) is 15.7. The van der Waals surface area contributed by atoms with E-state index in [1.54, 1.807) is 7.11 Å². The zero-order valence-corrected chi connectivity index (χ0v) is 13.8. The maximum atomic E-state index is 6.09. The quantitative estimate of drug-likeness (QED) is 0.781. The summed E-state index contributed by atoms with van der Waals surface area (Å²) in [6, 6.07) is 7.83. The second-order valence-corrected chi connectivity index (χ2v) is 6.48. The molecule has 0 spiro atoms. The van der Waals surface area contributed by atoms with Crippen molar-refractivity contribution in [3.8, 4) is 5.75 Å². The summed E-state index contributed by atoms with van der Waals surface area (Å²) in [5, 5.41) is 0. The van der Waals surface area contributed by atoms with E-state index in [2.05, 4.69) is 0 Å². The molecule has 1 heterocycles. The van der Waals surface area contributed by atoms with Crippen molar-refractivity contribution in [3.05, 3.63) is 24.3 Å². The van der Waals surface area contributed by atoms with Crippen molar-refractivity contribution in [1.82, 2.24) is 0 Å². The van der Waals surface area contributed by atoms with Crippen LogP contribution in [0.1, 0.15) is 34.6 Å². The van der Waals surface area contributed by atoms with E-state index in [0.717, 1.165) is 11.2 Å². The van der Waals surface area contributed by atoms with Crippen LogP contribution < -0.4 is 10.2 Å². The third-order valence-corrected chi connectivity index (χ3v) is 4.30. The van der Waals surface area contributed by atoms with Gasteiger partial charge in [-0.05, 0) is 40.7 Å². The highest BCUT2D eigenvalue weighted by Gasteiger charge is 2.52. The Labute approximate surface area is 127 Å². The van der Waals surface area contributed by atoms with Gasteiger partial charge in [0.2, 0.25) is 0 Å². The lowest BCUT2D eigenvalue weighted by atomic mass is 9.78. The first-order chi connectivity index (χ1) is 9.77. The Balaban J connectivity index is 2.18. The maximum absolute atomic E-state index is 6.09. The van der Waals surface area contributed by atoms with Gasteiger partial charge in [-0.15, -0.1) is 0 Å². The van der Waals surface area contributed by atoms with Crippen LogP contribution in [0, 0.1) is 0 Å². The first-order valence-electron chi connectivity index (χ1n) is 7.37. The van der Waals surface area contributed by atoms with Crippen LogP contribution in [-0.2, 0) is 14.0 Å². The molecule has 0 amide bonds. The molecule has 1 saturated heterocycles. The smallest absolute Gasteiger partial charge is 0.491 e. The van der Waals surface area contributed by atoms with Gasteiger partial charge in [0.1, 0.15) is 12.4 Å². The minimum absolute atomic E-state index is 0.0383. The van der Waals surface area contributed by atoms with Gasteiger partial charge in [-0.1, -0.05) is 18.2 Å². The molecule has 1 fully saturated rings. The van der Waals surface area contributed by atoms with E-state index >= 15 is 0 Å². The number of methoxy groups -OCH3 is 1. The summed E-state index contributed by atoms with van der Waals surface area (Å²) in [5.74, 6) is 0.778. The normalized spacial score (nSPS) is 21.3. The molecule has 0 N–H and O–H groups in total. The molecule has 0 bridgehead atoms. The average molecular weight is 292 g/mol. The zero-order valence-electron chi connectivity index (χ0n) is 13.8. The van der Waals surface area contributed by atoms with Crippen molar-refractivity contribution in [2.24, 2.45) is 0 Å². The molecule has 1 atom stereocenters. The summed E-state index contributed by atoms with van der Waals surface area (Å²) < 4.78 is 23.3. The number of benzene rings is 1. The molecule has 1 aromatic carbocycles. The number of ether oxygens (including phenoxy) is 2. The van der Waals surface area contributed by atoms with E-state index in [-0.39, 0.29) is 17.3 Å². The Bertz CT molecular complexity index is 471. The molecule has 1 aromatic rings. The fourth-order valence-corrected chi connectivity index (χ4v) is 2.05. The number of rotatable bonds is 5. The Kier molecular flexibility index (Phi) is 4.66. The monoisotopic (exact) mass is 292 g/mol. The predicted octanol–water partition coefficient (Wildman–Crippen LogP) is 2.40. The minimum Gasteiger partial charge on any atom is -0.491 e. The fourth-order valence-electron chi connectivity index (χ4n) is 2.05. The lowest BCUT2D eigenvalue weighted by Crippen LogP contribution is -2.41. The summed E-state index contributed by atoms with van der Waals surface area (Å²) in [5.41, 5.74) is 0.203. The van der Waals surface area contributed by atoms with Gasteiger partial charge in [0, 0.05) is 12.6 Å². The Morgan fingerprint density at radius 1 is 1.10 bits per heavy atom. The molecule has 1 aliphatic rings. The van der Waals surface area contributed by atoms with Crippen molar-refractivity contribution in [3.63, 3.8) is 0 Å². The Morgan fingerprint density at radius 3 is 2.24 bits per heavy atom. The number of hydrogen-bond acceptors (Lipinski definition) is 4. The molecule has 21 heavy (non-hydrogen) atoms. The largest absolute Gasteiger partial charge is 0.498 e. The molecule has 1 aliphatic heterocycles. The molecule has 5 heteroatoms. The van der Waals surface area contributed by atoms with Crippen molar-refractivity contribution >= 4 is 12.6 Å². The molecule has 0 radical (unpaired) electrons. The Hall–Kier alpha value is -1.04. The third-order valence-electron chi connectivity index (χ3n) is 4.30. The lowest BCUT2D eigenvalue weighted by molar-refractivity contribution is 0.00578. The summed E-state index contributed by atoms with van der Waals surface area (Å²) in [6.45, 7) is 10.6. The van der Waals surface area contributed by atoms with Crippen molar-refractivity contribution < 1.29 is 18.8 Å². The molecule has 2 rings (SSSR count). The predicted molar refractivity (Wildman–Crippen MR) is 84.1 cm³/mol. The topological polar surface area (TPSA) is 36.9 Å². The van der Waals surface area contributed by atoms with Gasteiger partial charge in [-0.25, -0.2) is 0 Å². The summed E-state index contributed by atoms with van der Waals surface area (Å²) in [7, 11) is 1.26. The van der Waals surface area contributed by atoms with E-state index in [0.29, 0.717) is 6.61 Å². The summed E-state index contributed by atoms with van der Waals surface area (Å²) in [4.78, 5) is 0. The Morgan fingerprint density at radius 2 is 1.67 bits per heavy atom. The summed E-state index contributed by atoms with van der Waals surface area (Å²) in [6.07, 6.45) is 0.0383. The maximum Gasteiger partial charge on any atom is 0.498 e. The van der Waals surface area contributed by atoms with Gasteiger partial charge in [-0.2, -0.15) is 0 Å². The van der Waals surface area contributed by atoms with Gasteiger partial charge in [0.05, 0.1) is 17.3 Å². The van der Waals surface area contributed by atoms with E-state index in [4.69, 9.17) is 18.8 Å². The van der Waals surface area contributed by atoms with Gasteiger partial charge in [0.15, 0.2) is 0 Å². The van der Waals surface area contributed by atoms with Crippen LogP contribution in [0.5, 0.6) is 5.75 Å². The van der Waals surface area contributed by atoms with E-state index < -0.39 is 7.12 Å². The van der Waals surface area contributed by atoms with Crippen LogP contribution in [0.2, 0.25) is 0 Å². The number of para-hydroxylation sites is 1. The first-order valence-corrected chi connectivity index (χ1v) is 7.37. The van der Waals surface area contributed by atoms with Crippen LogP contribution >= 0.6 is 0 Å². The molecular weight excluding hydrogens is 267 g/mol. The van der Waals surface area contributed by atoms with Crippen LogP contribution in [0.4, 0.5) is 0 Å². The van der Waals surface area contributed by atoms with Gasteiger partial charge < -0.3 is 18.8 Å².